The van der Waals surface area contributed by atoms with Crippen molar-refractivity contribution in [2.45, 2.75) is 38.0 Å². The molecule has 1 saturated heterocycles. The van der Waals surface area contributed by atoms with Crippen LogP contribution in [0.25, 0.3) is 11.1 Å². The number of aromatic nitrogens is 4. The number of para-hydroxylation sites is 1. The molecule has 2 atom stereocenters. The Balaban J connectivity index is 1.35. The Kier molecular flexibility index (Phi) is 6.18. The molecule has 12 heteroatoms. The van der Waals surface area contributed by atoms with E-state index in [-0.39, 0.29) is 17.9 Å². The molecule has 2 aromatic heterocycles. The predicted octanol–water partition coefficient (Wildman–Crippen LogP) is 3.04. The number of hydrogen-bond acceptors (Lipinski definition) is 8. The summed E-state index contributed by atoms with van der Waals surface area (Å²) in [5.41, 5.74) is 5.42. The van der Waals surface area contributed by atoms with Crippen LogP contribution in [0.3, 0.4) is 0 Å². The van der Waals surface area contributed by atoms with Gasteiger partial charge in [-0.05, 0) is 25.3 Å². The molecule has 38 heavy (non-hydrogen) atoms. The average Bonchev–Trinajstić information content (AvgIpc) is 3.52. The number of fused-ring (bicyclic) bond motifs is 3. The first kappa shape index (κ1) is 24.3. The zero-order chi connectivity index (χ0) is 26.4. The lowest BCUT2D eigenvalue weighted by Crippen LogP contribution is -2.28. The Hall–Kier alpha value is -4.06. The van der Waals surface area contributed by atoms with Crippen LogP contribution in [-0.2, 0) is 16.1 Å². The Labute approximate surface area is 218 Å². The molecule has 11 nitrogen and oxygen atoms in total. The normalized spacial score (nSPS) is 20.3. The Morgan fingerprint density at radius 2 is 1.92 bits per heavy atom. The maximum atomic E-state index is 13.3. The van der Waals surface area contributed by atoms with Gasteiger partial charge in [-0.25, -0.2) is 4.39 Å². The van der Waals surface area contributed by atoms with Crippen LogP contribution in [-0.4, -0.2) is 65.3 Å². The molecular weight excluding hydrogens is 491 g/mol. The number of carbonyl (C=O) groups excluding carboxylic acids is 2. The average molecular weight is 521 g/mol. The lowest BCUT2D eigenvalue weighted by Gasteiger charge is -2.32. The van der Waals surface area contributed by atoms with Crippen LogP contribution in [0.1, 0.15) is 41.5 Å². The third-order valence-corrected chi connectivity index (χ3v) is 7.34. The topological polar surface area (TPSA) is 126 Å². The van der Waals surface area contributed by atoms with Crippen molar-refractivity contribution in [3.8, 4) is 11.1 Å². The first-order valence-electron chi connectivity index (χ1n) is 12.7. The van der Waals surface area contributed by atoms with Crippen molar-refractivity contribution in [1.82, 2.24) is 25.3 Å². The third-order valence-electron chi connectivity index (χ3n) is 7.34. The molecule has 2 amide bonds. The van der Waals surface area contributed by atoms with Crippen LogP contribution in [0, 0.1) is 5.92 Å². The number of nitrogens with one attached hydrogen (secondary N) is 3. The second-order valence-corrected chi connectivity index (χ2v) is 9.89. The third kappa shape index (κ3) is 4.34. The second kappa shape index (κ2) is 9.67. The van der Waals surface area contributed by atoms with Crippen LogP contribution < -0.4 is 20.9 Å². The first-order valence-corrected chi connectivity index (χ1v) is 12.7. The lowest BCUT2D eigenvalue weighted by molar-refractivity contribution is -0.117. The van der Waals surface area contributed by atoms with Gasteiger partial charge >= 0.3 is 0 Å². The zero-order valence-corrected chi connectivity index (χ0v) is 21.2. The fraction of sp³-hybridized carbons (Fsp3) is 0.423. The van der Waals surface area contributed by atoms with Crippen molar-refractivity contribution >= 4 is 34.7 Å². The van der Waals surface area contributed by atoms with Crippen molar-refractivity contribution in [2.24, 2.45) is 5.92 Å². The smallest absolute Gasteiger partial charge is 0.273 e. The highest BCUT2D eigenvalue weighted by Crippen LogP contribution is 2.45. The minimum atomic E-state index is -1.13. The number of halogens is 1. The predicted molar refractivity (Wildman–Crippen MR) is 139 cm³/mol. The van der Waals surface area contributed by atoms with E-state index in [1.165, 1.54) is 7.05 Å². The number of amides is 2. The maximum Gasteiger partial charge on any atom is 0.273 e. The Bertz CT molecular complexity index is 1400. The molecule has 0 bridgehead atoms. The summed E-state index contributed by atoms with van der Waals surface area (Å²) in [5, 5.41) is 21.3. The van der Waals surface area contributed by atoms with Crippen molar-refractivity contribution in [2.75, 3.05) is 42.8 Å². The summed E-state index contributed by atoms with van der Waals surface area (Å²) in [6.07, 6.45) is 2.88. The quantitative estimate of drug-likeness (QED) is 0.453. The van der Waals surface area contributed by atoms with Gasteiger partial charge in [-0.1, -0.05) is 12.1 Å². The van der Waals surface area contributed by atoms with E-state index in [0.717, 1.165) is 54.3 Å². The molecule has 6 rings (SSSR count). The minimum absolute atomic E-state index is 0.0735. The van der Waals surface area contributed by atoms with E-state index in [9.17, 15) is 14.0 Å². The number of benzene rings is 1. The van der Waals surface area contributed by atoms with E-state index in [1.54, 1.807) is 6.07 Å². The van der Waals surface area contributed by atoms with E-state index in [1.807, 2.05) is 25.4 Å². The fourth-order valence-electron chi connectivity index (χ4n) is 5.22. The molecule has 3 aliphatic rings. The van der Waals surface area contributed by atoms with Gasteiger partial charge in [0.15, 0.2) is 11.5 Å². The monoisotopic (exact) mass is 520 g/mol. The van der Waals surface area contributed by atoms with Crippen LogP contribution in [0.2, 0.25) is 0 Å². The van der Waals surface area contributed by atoms with Gasteiger partial charge in [-0.3, -0.25) is 14.3 Å². The van der Waals surface area contributed by atoms with Gasteiger partial charge in [0.05, 0.1) is 47.5 Å². The van der Waals surface area contributed by atoms with Crippen LogP contribution >= 0.6 is 0 Å². The highest BCUT2D eigenvalue weighted by Gasteiger charge is 2.43. The van der Waals surface area contributed by atoms with Crippen molar-refractivity contribution in [3.63, 3.8) is 0 Å². The molecule has 1 aliphatic carbocycles. The van der Waals surface area contributed by atoms with Crippen molar-refractivity contribution in [1.29, 1.82) is 0 Å². The van der Waals surface area contributed by atoms with Crippen LogP contribution in [0.4, 0.5) is 27.3 Å². The molecule has 0 unspecified atom stereocenters. The van der Waals surface area contributed by atoms with Crippen molar-refractivity contribution in [3.05, 3.63) is 41.9 Å². The molecule has 0 spiro atoms. The SMILES string of the molecule is CNC(=O)c1nnc(NC(=O)[C@@H]2C[C@@H]2F)cc1Nc1cccc2c1N(C)Cc1c-2cnn1C1CCOCC1. The Morgan fingerprint density at radius 1 is 1.13 bits per heavy atom. The van der Waals surface area contributed by atoms with E-state index in [4.69, 9.17) is 9.84 Å². The van der Waals surface area contributed by atoms with Crippen molar-refractivity contribution < 1.29 is 18.7 Å². The summed E-state index contributed by atoms with van der Waals surface area (Å²) in [4.78, 5) is 27.0. The summed E-state index contributed by atoms with van der Waals surface area (Å²) in [7, 11) is 3.53. The largest absolute Gasteiger partial charge is 0.381 e. The van der Waals surface area contributed by atoms with Gasteiger partial charge in [0.1, 0.15) is 6.17 Å². The van der Waals surface area contributed by atoms with E-state index in [2.05, 4.69) is 41.8 Å². The summed E-state index contributed by atoms with van der Waals surface area (Å²) in [5.74, 6) is -1.40. The van der Waals surface area contributed by atoms with Gasteiger partial charge in [0, 0.05) is 44.5 Å². The summed E-state index contributed by atoms with van der Waals surface area (Å²) < 4.78 is 21.0. The van der Waals surface area contributed by atoms with Gasteiger partial charge < -0.3 is 25.6 Å². The first-order chi connectivity index (χ1) is 18.4. The number of rotatable bonds is 6. The molecule has 2 aliphatic heterocycles. The minimum Gasteiger partial charge on any atom is -0.381 e. The molecule has 3 aromatic rings. The second-order valence-electron chi connectivity index (χ2n) is 9.89. The number of anilines is 4. The van der Waals surface area contributed by atoms with Gasteiger partial charge in [0.2, 0.25) is 5.91 Å². The standard InChI is InChI=1S/C26H29FN8O3/c1-28-26(37)23-20(11-22(32-33-23)31-25(36)16-10-18(16)27)30-19-5-3-4-15-17-12-29-35(14-6-8-38-9-7-14)21(17)13-34(2)24(15)19/h3-5,11-12,14,16,18H,6-10,13H2,1-2H3,(H,28,37)(H2,30,31,32,36)/t16-,18+/m1/s1. The Morgan fingerprint density at radius 3 is 2.66 bits per heavy atom. The molecule has 2 fully saturated rings. The number of ether oxygens (including phenoxy) is 1. The van der Waals surface area contributed by atoms with E-state index in [0.29, 0.717) is 18.3 Å². The highest BCUT2D eigenvalue weighted by atomic mass is 19.1. The van der Waals surface area contributed by atoms with Gasteiger partial charge in [-0.15, -0.1) is 10.2 Å². The molecule has 0 radical (unpaired) electrons. The van der Waals surface area contributed by atoms with E-state index >= 15 is 0 Å². The molecule has 3 N–H and O–H groups in total. The van der Waals surface area contributed by atoms with E-state index < -0.39 is 23.9 Å². The summed E-state index contributed by atoms with van der Waals surface area (Å²) in [6.45, 7) is 2.15. The molecule has 4 heterocycles. The number of alkyl halides is 1. The van der Waals surface area contributed by atoms with Crippen LogP contribution in [0.15, 0.2) is 30.5 Å². The lowest BCUT2D eigenvalue weighted by atomic mass is 9.97. The maximum absolute atomic E-state index is 13.3. The molecule has 198 valence electrons. The fourth-order valence-corrected chi connectivity index (χ4v) is 5.22. The zero-order valence-electron chi connectivity index (χ0n) is 21.2. The molecule has 1 aromatic carbocycles. The van der Waals surface area contributed by atoms with Gasteiger partial charge in [0.25, 0.3) is 5.91 Å². The summed E-state index contributed by atoms with van der Waals surface area (Å²) >= 11 is 0. The van der Waals surface area contributed by atoms with Crippen LogP contribution in [0.5, 0.6) is 0 Å². The number of hydrogen-bond donors (Lipinski definition) is 3. The highest BCUT2D eigenvalue weighted by molar-refractivity contribution is 6.01. The number of carbonyl (C=O) groups is 2. The molecule has 1 saturated carbocycles. The van der Waals surface area contributed by atoms with Gasteiger partial charge in [-0.2, -0.15) is 5.10 Å². The molecular formula is C26H29FN8O3. The summed E-state index contributed by atoms with van der Waals surface area (Å²) in [6, 6.07) is 7.79. The number of nitrogens with zero attached hydrogens (tertiary/aromatic N) is 5.